The molecule has 27 heavy (non-hydrogen) atoms. The summed E-state index contributed by atoms with van der Waals surface area (Å²) in [5.74, 6) is 1.33. The van der Waals surface area contributed by atoms with Gasteiger partial charge in [-0.3, -0.25) is 9.48 Å². The zero-order valence-corrected chi connectivity index (χ0v) is 15.9. The molecule has 0 spiro atoms. The Kier molecular flexibility index (Phi) is 5.16. The van der Waals surface area contributed by atoms with Crippen molar-refractivity contribution in [3.63, 3.8) is 0 Å². The number of benzene rings is 1. The average Bonchev–Trinajstić information content (AvgIpc) is 3.29. The van der Waals surface area contributed by atoms with Crippen molar-refractivity contribution in [2.75, 3.05) is 14.2 Å². The van der Waals surface area contributed by atoms with E-state index >= 15 is 0 Å². The van der Waals surface area contributed by atoms with Gasteiger partial charge < -0.3 is 19.3 Å². The summed E-state index contributed by atoms with van der Waals surface area (Å²) >= 11 is 0. The predicted octanol–water partition coefficient (Wildman–Crippen LogP) is 2.89. The Morgan fingerprint density at radius 3 is 2.67 bits per heavy atom. The molecule has 0 aliphatic rings. The van der Waals surface area contributed by atoms with Gasteiger partial charge in [0.05, 0.1) is 32.0 Å². The maximum atomic E-state index is 12.6. The van der Waals surface area contributed by atoms with Gasteiger partial charge in [-0.05, 0) is 32.0 Å². The number of amides is 1. The molecule has 0 aliphatic heterocycles. The summed E-state index contributed by atoms with van der Waals surface area (Å²) in [5.41, 5.74) is 2.77. The molecule has 0 saturated carbocycles. The minimum absolute atomic E-state index is 0.184. The number of aryl methyl sites for hydroxylation is 1. The van der Waals surface area contributed by atoms with E-state index in [1.165, 1.54) is 0 Å². The van der Waals surface area contributed by atoms with E-state index in [1.54, 1.807) is 49.4 Å². The standard InChI is InChI=1S/C19H22N4O4/c1-11(15-10-20-23(3)12(15)2)21-19(24)16-9-18(27-22-16)14-8-13(25-4)6-7-17(14)26-5/h6-11H,1-5H3,(H,21,24)/t11-/m1/s1. The fourth-order valence-corrected chi connectivity index (χ4v) is 2.80. The Labute approximate surface area is 157 Å². The normalized spacial score (nSPS) is 11.9. The molecule has 1 N–H and O–H groups in total. The molecule has 1 amide bonds. The number of carbonyl (C=O) groups is 1. The Morgan fingerprint density at radius 1 is 1.26 bits per heavy atom. The Balaban J connectivity index is 1.81. The first kappa shape index (κ1) is 18.5. The number of hydrogen-bond acceptors (Lipinski definition) is 6. The first-order valence-corrected chi connectivity index (χ1v) is 8.43. The van der Waals surface area contributed by atoms with Crippen LogP contribution in [0, 0.1) is 6.92 Å². The number of nitrogens with one attached hydrogen (secondary N) is 1. The molecule has 3 aromatic rings. The third-order valence-corrected chi connectivity index (χ3v) is 4.50. The molecule has 0 saturated heterocycles. The maximum absolute atomic E-state index is 12.6. The molecule has 142 valence electrons. The summed E-state index contributed by atoms with van der Waals surface area (Å²) in [4.78, 5) is 12.6. The smallest absolute Gasteiger partial charge is 0.273 e. The fraction of sp³-hybridized carbons (Fsp3) is 0.316. The van der Waals surface area contributed by atoms with E-state index in [2.05, 4.69) is 15.6 Å². The SMILES string of the molecule is COc1ccc(OC)c(-c2cc(C(=O)N[C@H](C)c3cnn(C)c3C)no2)c1. The largest absolute Gasteiger partial charge is 0.497 e. The molecule has 0 unspecified atom stereocenters. The molecule has 1 atom stereocenters. The number of methoxy groups -OCH3 is 2. The van der Waals surface area contributed by atoms with Crippen LogP contribution in [-0.2, 0) is 7.05 Å². The van der Waals surface area contributed by atoms with E-state index < -0.39 is 0 Å². The van der Waals surface area contributed by atoms with Crippen molar-refractivity contribution in [3.8, 4) is 22.8 Å². The average molecular weight is 370 g/mol. The van der Waals surface area contributed by atoms with Crippen molar-refractivity contribution in [2.24, 2.45) is 7.05 Å². The molecule has 2 heterocycles. The van der Waals surface area contributed by atoms with Crippen LogP contribution in [0.1, 0.15) is 34.7 Å². The third-order valence-electron chi connectivity index (χ3n) is 4.50. The number of nitrogens with zero attached hydrogens (tertiary/aromatic N) is 3. The Bertz CT molecular complexity index is 961. The summed E-state index contributed by atoms with van der Waals surface area (Å²) in [6, 6.07) is 6.68. The van der Waals surface area contributed by atoms with Crippen LogP contribution in [-0.4, -0.2) is 35.1 Å². The van der Waals surface area contributed by atoms with Crippen molar-refractivity contribution < 1.29 is 18.8 Å². The van der Waals surface area contributed by atoms with E-state index in [1.807, 2.05) is 20.9 Å². The van der Waals surface area contributed by atoms with Crippen molar-refractivity contribution in [3.05, 3.63) is 47.4 Å². The summed E-state index contributed by atoms with van der Waals surface area (Å²) < 4.78 is 17.7. The highest BCUT2D eigenvalue weighted by atomic mass is 16.5. The minimum atomic E-state index is -0.331. The second-order valence-corrected chi connectivity index (χ2v) is 6.15. The monoisotopic (exact) mass is 370 g/mol. The van der Waals surface area contributed by atoms with Gasteiger partial charge in [-0.25, -0.2) is 0 Å². The van der Waals surface area contributed by atoms with E-state index in [9.17, 15) is 4.79 Å². The quantitative estimate of drug-likeness (QED) is 0.717. The number of carbonyl (C=O) groups excluding carboxylic acids is 1. The van der Waals surface area contributed by atoms with E-state index in [0.29, 0.717) is 22.8 Å². The molecule has 0 fully saturated rings. The predicted molar refractivity (Wildman–Crippen MR) is 98.9 cm³/mol. The third kappa shape index (κ3) is 3.64. The molecule has 3 rings (SSSR count). The highest BCUT2D eigenvalue weighted by Gasteiger charge is 2.20. The molecule has 8 nitrogen and oxygen atoms in total. The lowest BCUT2D eigenvalue weighted by Gasteiger charge is -2.12. The number of hydrogen-bond donors (Lipinski definition) is 1. The summed E-state index contributed by atoms with van der Waals surface area (Å²) in [5, 5.41) is 11.0. The summed E-state index contributed by atoms with van der Waals surface area (Å²) in [7, 11) is 5.00. The number of ether oxygens (including phenoxy) is 2. The second-order valence-electron chi connectivity index (χ2n) is 6.15. The van der Waals surface area contributed by atoms with E-state index in [4.69, 9.17) is 14.0 Å². The van der Waals surface area contributed by atoms with Gasteiger partial charge in [0.2, 0.25) is 0 Å². The lowest BCUT2D eigenvalue weighted by atomic mass is 10.1. The van der Waals surface area contributed by atoms with Crippen LogP contribution in [0.25, 0.3) is 11.3 Å². The molecule has 0 radical (unpaired) electrons. The van der Waals surface area contributed by atoms with Crippen LogP contribution in [0.15, 0.2) is 35.0 Å². The highest BCUT2D eigenvalue weighted by Crippen LogP contribution is 2.33. The molecule has 0 bridgehead atoms. The topological polar surface area (TPSA) is 91.4 Å². The lowest BCUT2D eigenvalue weighted by Crippen LogP contribution is -2.27. The van der Waals surface area contributed by atoms with E-state index in [-0.39, 0.29) is 17.6 Å². The van der Waals surface area contributed by atoms with Gasteiger partial charge in [0.25, 0.3) is 5.91 Å². The molecular weight excluding hydrogens is 348 g/mol. The Hall–Kier alpha value is -3.29. The van der Waals surface area contributed by atoms with Gasteiger partial charge in [0.1, 0.15) is 11.5 Å². The van der Waals surface area contributed by atoms with Gasteiger partial charge in [-0.1, -0.05) is 5.16 Å². The Morgan fingerprint density at radius 2 is 2.04 bits per heavy atom. The second kappa shape index (κ2) is 7.53. The van der Waals surface area contributed by atoms with Gasteiger partial charge in [0.15, 0.2) is 11.5 Å². The molecule has 1 aromatic carbocycles. The van der Waals surface area contributed by atoms with Crippen molar-refractivity contribution in [2.45, 2.75) is 19.9 Å². The van der Waals surface area contributed by atoms with Crippen molar-refractivity contribution in [1.29, 1.82) is 0 Å². The fourth-order valence-electron chi connectivity index (χ4n) is 2.80. The summed E-state index contributed by atoms with van der Waals surface area (Å²) in [6.45, 7) is 3.85. The molecule has 2 aromatic heterocycles. The first-order valence-electron chi connectivity index (χ1n) is 8.43. The minimum Gasteiger partial charge on any atom is -0.497 e. The molecule has 0 aliphatic carbocycles. The van der Waals surface area contributed by atoms with Crippen LogP contribution < -0.4 is 14.8 Å². The van der Waals surface area contributed by atoms with E-state index in [0.717, 1.165) is 11.3 Å². The van der Waals surface area contributed by atoms with Crippen LogP contribution in [0.2, 0.25) is 0 Å². The first-order chi connectivity index (χ1) is 12.9. The van der Waals surface area contributed by atoms with Crippen LogP contribution in [0.4, 0.5) is 0 Å². The van der Waals surface area contributed by atoms with Crippen molar-refractivity contribution >= 4 is 5.91 Å². The van der Waals surface area contributed by atoms with Crippen LogP contribution in [0.3, 0.4) is 0 Å². The zero-order chi connectivity index (χ0) is 19.6. The molecule has 8 heteroatoms. The van der Waals surface area contributed by atoms with Crippen LogP contribution in [0.5, 0.6) is 11.5 Å². The number of rotatable bonds is 6. The van der Waals surface area contributed by atoms with Crippen molar-refractivity contribution in [1.82, 2.24) is 20.3 Å². The van der Waals surface area contributed by atoms with Gasteiger partial charge in [0, 0.05) is 24.4 Å². The van der Waals surface area contributed by atoms with Crippen LogP contribution >= 0.6 is 0 Å². The number of aromatic nitrogens is 3. The van der Waals surface area contributed by atoms with Gasteiger partial charge in [-0.15, -0.1) is 0 Å². The summed E-state index contributed by atoms with van der Waals surface area (Å²) in [6.07, 6.45) is 1.75. The zero-order valence-electron chi connectivity index (χ0n) is 15.9. The van der Waals surface area contributed by atoms with Gasteiger partial charge in [-0.2, -0.15) is 5.10 Å². The van der Waals surface area contributed by atoms with Gasteiger partial charge >= 0.3 is 0 Å². The maximum Gasteiger partial charge on any atom is 0.273 e. The lowest BCUT2D eigenvalue weighted by molar-refractivity contribution is 0.0930. The highest BCUT2D eigenvalue weighted by molar-refractivity contribution is 5.93. The molecular formula is C19H22N4O4.